The average Bonchev–Trinajstić information content (AvgIpc) is 2.76. The molecule has 0 saturated carbocycles. The zero-order valence-corrected chi connectivity index (χ0v) is 16.0. The first-order valence-corrected chi connectivity index (χ1v) is 9.84. The molecular weight excluding hydrogens is 330 g/mol. The lowest BCUT2D eigenvalue weighted by atomic mass is 9.82. The highest BCUT2D eigenvalue weighted by Gasteiger charge is 2.45. The Balaban J connectivity index is 1.81. The molecule has 0 amide bonds. The minimum absolute atomic E-state index is 0.0258. The van der Waals surface area contributed by atoms with E-state index in [0.29, 0.717) is 5.92 Å². The molecule has 0 aromatic heterocycles. The summed E-state index contributed by atoms with van der Waals surface area (Å²) in [6, 6.07) is 32.1. The van der Waals surface area contributed by atoms with Crippen molar-refractivity contribution in [3.63, 3.8) is 0 Å². The Morgan fingerprint density at radius 2 is 1.30 bits per heavy atom. The van der Waals surface area contributed by atoms with Crippen molar-refractivity contribution in [2.75, 3.05) is 0 Å². The summed E-state index contributed by atoms with van der Waals surface area (Å²) in [4.78, 5) is 0. The van der Waals surface area contributed by atoms with Crippen molar-refractivity contribution in [3.8, 4) is 0 Å². The van der Waals surface area contributed by atoms with Crippen LogP contribution >= 0.6 is 0 Å². The van der Waals surface area contributed by atoms with Gasteiger partial charge in [0.15, 0.2) is 0 Å². The standard InChI is InChI=1S/C25H27NO/c1-3-25(22-17-11-6-12-18-22)26-23(20-13-7-4-8-14-20)19(2)24(27-25)21-15-9-5-10-16-21/h4-19,23-24,26H,3H2,1-2H3/t19-,23?,24+,25?/m0/s1. The zero-order chi connectivity index (χ0) is 18.7. The van der Waals surface area contributed by atoms with E-state index in [1.807, 2.05) is 0 Å². The SMILES string of the molecule is CCC1(c2ccccc2)NC(c2ccccc2)[C@H](C)[C@H](c2ccccc2)O1. The molecule has 0 aliphatic carbocycles. The summed E-state index contributed by atoms with van der Waals surface area (Å²) in [6.07, 6.45) is 0.883. The molecular formula is C25H27NO. The number of benzene rings is 3. The lowest BCUT2D eigenvalue weighted by Crippen LogP contribution is -2.54. The molecule has 1 saturated heterocycles. The molecule has 2 unspecified atom stereocenters. The zero-order valence-electron chi connectivity index (χ0n) is 16.0. The molecule has 3 aromatic rings. The maximum atomic E-state index is 6.85. The van der Waals surface area contributed by atoms with Crippen LogP contribution in [0, 0.1) is 5.92 Å². The highest BCUT2D eigenvalue weighted by atomic mass is 16.5. The van der Waals surface area contributed by atoms with Gasteiger partial charge in [0.2, 0.25) is 0 Å². The summed E-state index contributed by atoms with van der Waals surface area (Å²) in [7, 11) is 0. The van der Waals surface area contributed by atoms with Crippen molar-refractivity contribution >= 4 is 0 Å². The monoisotopic (exact) mass is 357 g/mol. The third kappa shape index (κ3) is 3.43. The normalized spacial score (nSPS) is 28.0. The maximum Gasteiger partial charge on any atom is 0.146 e. The Labute approximate surface area is 162 Å². The van der Waals surface area contributed by atoms with E-state index in [2.05, 4.69) is 110 Å². The Morgan fingerprint density at radius 3 is 1.85 bits per heavy atom. The summed E-state index contributed by atoms with van der Waals surface area (Å²) < 4.78 is 6.85. The number of ether oxygens (including phenoxy) is 1. The van der Waals surface area contributed by atoms with Crippen LogP contribution in [-0.4, -0.2) is 0 Å². The maximum absolute atomic E-state index is 6.85. The van der Waals surface area contributed by atoms with Gasteiger partial charge in [-0.3, -0.25) is 5.32 Å². The molecule has 138 valence electrons. The van der Waals surface area contributed by atoms with Gasteiger partial charge in [-0.1, -0.05) is 105 Å². The van der Waals surface area contributed by atoms with Crippen molar-refractivity contribution in [2.45, 2.75) is 38.1 Å². The lowest BCUT2D eigenvalue weighted by molar-refractivity contribution is -0.192. The lowest BCUT2D eigenvalue weighted by Gasteiger charge is -2.49. The minimum atomic E-state index is -0.505. The quantitative estimate of drug-likeness (QED) is 0.619. The molecule has 0 bridgehead atoms. The molecule has 1 aliphatic heterocycles. The number of hydrogen-bond acceptors (Lipinski definition) is 2. The summed E-state index contributed by atoms with van der Waals surface area (Å²) in [5, 5.41) is 3.88. The fourth-order valence-electron chi connectivity index (χ4n) is 4.23. The predicted molar refractivity (Wildman–Crippen MR) is 110 cm³/mol. The van der Waals surface area contributed by atoms with Crippen LogP contribution in [0.5, 0.6) is 0 Å². The number of nitrogens with one attached hydrogen (secondary N) is 1. The topological polar surface area (TPSA) is 21.3 Å². The van der Waals surface area contributed by atoms with Gasteiger partial charge in [0.1, 0.15) is 5.72 Å². The summed E-state index contributed by atoms with van der Waals surface area (Å²) in [5.74, 6) is 0.304. The highest BCUT2D eigenvalue weighted by Crippen LogP contribution is 2.47. The van der Waals surface area contributed by atoms with Crippen molar-refractivity contribution in [3.05, 3.63) is 108 Å². The molecule has 0 spiro atoms. The van der Waals surface area contributed by atoms with Gasteiger partial charge in [0, 0.05) is 12.0 Å². The van der Waals surface area contributed by atoms with Crippen LogP contribution in [0.3, 0.4) is 0 Å². The molecule has 4 rings (SSSR count). The van der Waals surface area contributed by atoms with Crippen LogP contribution in [0.4, 0.5) is 0 Å². The Morgan fingerprint density at radius 1 is 0.778 bits per heavy atom. The fraction of sp³-hybridized carbons (Fsp3) is 0.280. The second kappa shape index (κ2) is 7.67. The third-order valence-corrected chi connectivity index (χ3v) is 5.74. The molecule has 1 N–H and O–H groups in total. The molecule has 4 atom stereocenters. The van der Waals surface area contributed by atoms with Crippen molar-refractivity contribution in [1.29, 1.82) is 0 Å². The third-order valence-electron chi connectivity index (χ3n) is 5.74. The van der Waals surface area contributed by atoms with Gasteiger partial charge in [-0.15, -0.1) is 0 Å². The van der Waals surface area contributed by atoms with Gasteiger partial charge in [0.25, 0.3) is 0 Å². The van der Waals surface area contributed by atoms with Gasteiger partial charge in [-0.25, -0.2) is 0 Å². The first-order chi connectivity index (χ1) is 13.2. The van der Waals surface area contributed by atoms with Gasteiger partial charge in [-0.2, -0.15) is 0 Å². The Bertz CT molecular complexity index is 798. The van der Waals surface area contributed by atoms with Crippen molar-refractivity contribution in [1.82, 2.24) is 5.32 Å². The first kappa shape index (κ1) is 18.0. The summed E-state index contributed by atoms with van der Waals surface area (Å²) in [5.41, 5.74) is 3.22. The Kier molecular flexibility index (Phi) is 5.11. The van der Waals surface area contributed by atoms with Crippen LogP contribution < -0.4 is 5.32 Å². The molecule has 27 heavy (non-hydrogen) atoms. The van der Waals surface area contributed by atoms with Crippen LogP contribution in [0.15, 0.2) is 91.0 Å². The summed E-state index contributed by atoms with van der Waals surface area (Å²) in [6.45, 7) is 4.48. The fourth-order valence-corrected chi connectivity index (χ4v) is 4.23. The molecule has 0 radical (unpaired) electrons. The number of hydrogen-bond donors (Lipinski definition) is 1. The molecule has 1 heterocycles. The van der Waals surface area contributed by atoms with E-state index in [1.54, 1.807) is 0 Å². The van der Waals surface area contributed by atoms with E-state index in [-0.39, 0.29) is 12.1 Å². The van der Waals surface area contributed by atoms with E-state index < -0.39 is 5.72 Å². The van der Waals surface area contributed by atoms with E-state index in [9.17, 15) is 0 Å². The van der Waals surface area contributed by atoms with Crippen molar-refractivity contribution < 1.29 is 4.74 Å². The molecule has 2 nitrogen and oxygen atoms in total. The van der Waals surface area contributed by atoms with Gasteiger partial charge < -0.3 is 4.74 Å². The van der Waals surface area contributed by atoms with E-state index in [4.69, 9.17) is 4.74 Å². The molecule has 2 heteroatoms. The van der Waals surface area contributed by atoms with E-state index in [1.165, 1.54) is 16.7 Å². The van der Waals surface area contributed by atoms with Crippen LogP contribution in [-0.2, 0) is 10.5 Å². The van der Waals surface area contributed by atoms with Crippen LogP contribution in [0.25, 0.3) is 0 Å². The first-order valence-electron chi connectivity index (χ1n) is 9.84. The average molecular weight is 357 g/mol. The van der Waals surface area contributed by atoms with Crippen LogP contribution in [0.2, 0.25) is 0 Å². The Hall–Kier alpha value is -2.42. The van der Waals surface area contributed by atoms with Gasteiger partial charge >= 0.3 is 0 Å². The summed E-state index contributed by atoms with van der Waals surface area (Å²) >= 11 is 0. The van der Waals surface area contributed by atoms with Crippen LogP contribution in [0.1, 0.15) is 49.1 Å². The van der Waals surface area contributed by atoms with E-state index in [0.717, 1.165) is 6.42 Å². The minimum Gasteiger partial charge on any atom is -0.348 e. The highest BCUT2D eigenvalue weighted by molar-refractivity contribution is 5.29. The predicted octanol–water partition coefficient (Wildman–Crippen LogP) is 5.99. The molecule has 1 aliphatic rings. The van der Waals surface area contributed by atoms with Gasteiger partial charge in [-0.05, 0) is 23.1 Å². The van der Waals surface area contributed by atoms with E-state index >= 15 is 0 Å². The van der Waals surface area contributed by atoms with Crippen molar-refractivity contribution in [2.24, 2.45) is 5.92 Å². The second-order valence-corrected chi connectivity index (χ2v) is 7.39. The number of rotatable bonds is 4. The second-order valence-electron chi connectivity index (χ2n) is 7.39. The molecule has 3 aromatic carbocycles. The smallest absolute Gasteiger partial charge is 0.146 e. The largest absolute Gasteiger partial charge is 0.348 e. The molecule has 1 fully saturated rings. The van der Waals surface area contributed by atoms with Gasteiger partial charge in [0.05, 0.1) is 6.10 Å².